The first-order chi connectivity index (χ1) is 15.9. The van der Waals surface area contributed by atoms with Gasteiger partial charge in [0.25, 0.3) is 17.4 Å². The molecule has 10 heteroatoms. The van der Waals surface area contributed by atoms with E-state index in [1.807, 2.05) is 0 Å². The summed E-state index contributed by atoms with van der Waals surface area (Å²) in [6, 6.07) is 11.0. The first kappa shape index (κ1) is 22.9. The monoisotopic (exact) mass is 471 g/mol. The second kappa shape index (κ2) is 9.70. The van der Waals surface area contributed by atoms with Crippen LogP contribution in [0.5, 0.6) is 0 Å². The molecule has 0 saturated carbocycles. The highest BCUT2D eigenvalue weighted by molar-refractivity contribution is 6.46. The Bertz CT molecular complexity index is 1110. The fraction of sp³-hybridized carbons (Fsp3) is 0.304. The fourth-order valence-corrected chi connectivity index (χ4v) is 4.28. The summed E-state index contributed by atoms with van der Waals surface area (Å²) in [5.74, 6) is -2.09. The van der Waals surface area contributed by atoms with Crippen LogP contribution in [0.3, 0.4) is 0 Å². The Morgan fingerprint density at radius 2 is 1.76 bits per heavy atom. The second-order valence-corrected chi connectivity index (χ2v) is 8.21. The van der Waals surface area contributed by atoms with Gasteiger partial charge in [0.1, 0.15) is 5.76 Å². The quantitative estimate of drug-likeness (QED) is 0.226. The highest BCUT2D eigenvalue weighted by Gasteiger charge is 2.48. The Labute approximate surface area is 195 Å². The molecule has 33 heavy (non-hydrogen) atoms. The minimum absolute atomic E-state index is 0.165. The number of para-hydroxylation sites is 1. The minimum Gasteiger partial charge on any atom is -0.507 e. The SMILES string of the molecule is O=C1C(=O)N(CCN2CCOCC2)C(c2ccccc2[N+](=O)[O-])C1=C(O)c1ccc(Cl)cc1. The van der Waals surface area contributed by atoms with Gasteiger partial charge in [-0.05, 0) is 30.3 Å². The third-order valence-electron chi connectivity index (χ3n) is 5.85. The predicted molar refractivity (Wildman–Crippen MR) is 121 cm³/mol. The van der Waals surface area contributed by atoms with Crippen LogP contribution in [0.1, 0.15) is 17.2 Å². The number of halogens is 1. The molecular formula is C23H22ClN3O6. The van der Waals surface area contributed by atoms with Crippen molar-refractivity contribution in [2.45, 2.75) is 6.04 Å². The number of nitro groups is 1. The van der Waals surface area contributed by atoms with Gasteiger partial charge >= 0.3 is 0 Å². The van der Waals surface area contributed by atoms with Crippen LogP contribution >= 0.6 is 11.6 Å². The Morgan fingerprint density at radius 3 is 2.42 bits per heavy atom. The van der Waals surface area contributed by atoms with E-state index in [0.717, 1.165) is 0 Å². The summed E-state index contributed by atoms with van der Waals surface area (Å²) in [5.41, 5.74) is 0.0368. The number of ether oxygens (including phenoxy) is 1. The lowest BCUT2D eigenvalue weighted by Gasteiger charge is -2.30. The highest BCUT2D eigenvalue weighted by atomic mass is 35.5. The first-order valence-electron chi connectivity index (χ1n) is 10.5. The van der Waals surface area contributed by atoms with Crippen molar-refractivity contribution >= 4 is 34.7 Å². The van der Waals surface area contributed by atoms with Crippen molar-refractivity contribution in [1.82, 2.24) is 9.80 Å². The second-order valence-electron chi connectivity index (χ2n) is 7.77. The lowest BCUT2D eigenvalue weighted by atomic mass is 9.94. The molecule has 172 valence electrons. The lowest BCUT2D eigenvalue weighted by molar-refractivity contribution is -0.385. The van der Waals surface area contributed by atoms with E-state index in [0.29, 0.717) is 37.9 Å². The number of aliphatic hydroxyl groups is 1. The van der Waals surface area contributed by atoms with Crippen molar-refractivity contribution in [3.8, 4) is 0 Å². The number of carbonyl (C=O) groups excluding carboxylic acids is 2. The average molecular weight is 472 g/mol. The molecule has 2 saturated heterocycles. The van der Waals surface area contributed by atoms with Gasteiger partial charge in [0.15, 0.2) is 0 Å². The van der Waals surface area contributed by atoms with Crippen LogP contribution in [-0.2, 0) is 14.3 Å². The third-order valence-corrected chi connectivity index (χ3v) is 6.10. The van der Waals surface area contributed by atoms with E-state index in [1.54, 1.807) is 18.2 Å². The molecule has 1 N–H and O–H groups in total. The van der Waals surface area contributed by atoms with Gasteiger partial charge < -0.3 is 14.7 Å². The summed E-state index contributed by atoms with van der Waals surface area (Å²) >= 11 is 5.93. The van der Waals surface area contributed by atoms with Gasteiger partial charge in [-0.25, -0.2) is 0 Å². The van der Waals surface area contributed by atoms with Crippen molar-refractivity contribution in [2.24, 2.45) is 0 Å². The summed E-state index contributed by atoms with van der Waals surface area (Å²) in [7, 11) is 0. The summed E-state index contributed by atoms with van der Waals surface area (Å²) in [5, 5.41) is 23.2. The van der Waals surface area contributed by atoms with Gasteiger partial charge in [0.05, 0.1) is 35.3 Å². The molecule has 2 fully saturated rings. The first-order valence-corrected chi connectivity index (χ1v) is 10.8. The molecule has 0 radical (unpaired) electrons. The van der Waals surface area contributed by atoms with Crippen molar-refractivity contribution in [1.29, 1.82) is 0 Å². The smallest absolute Gasteiger partial charge is 0.295 e. The van der Waals surface area contributed by atoms with E-state index < -0.39 is 28.4 Å². The van der Waals surface area contributed by atoms with Gasteiger partial charge in [0.2, 0.25) is 0 Å². The molecule has 1 amide bonds. The van der Waals surface area contributed by atoms with Gasteiger partial charge in [-0.3, -0.25) is 24.6 Å². The van der Waals surface area contributed by atoms with Crippen LogP contribution in [0.15, 0.2) is 54.1 Å². The number of nitro benzene ring substituents is 1. The van der Waals surface area contributed by atoms with E-state index in [4.69, 9.17) is 16.3 Å². The number of benzene rings is 2. The Hall–Kier alpha value is -3.27. The van der Waals surface area contributed by atoms with E-state index in [9.17, 15) is 24.8 Å². The molecule has 2 heterocycles. The topological polar surface area (TPSA) is 113 Å². The average Bonchev–Trinajstić information content (AvgIpc) is 3.08. The van der Waals surface area contributed by atoms with Crippen molar-refractivity contribution in [2.75, 3.05) is 39.4 Å². The Morgan fingerprint density at radius 1 is 1.09 bits per heavy atom. The normalized spacial score (nSPS) is 20.9. The molecule has 2 aromatic rings. The maximum absolute atomic E-state index is 13.1. The molecule has 0 bridgehead atoms. The van der Waals surface area contributed by atoms with Gasteiger partial charge in [-0.2, -0.15) is 0 Å². The van der Waals surface area contributed by atoms with Crippen LogP contribution in [0.2, 0.25) is 5.02 Å². The van der Waals surface area contributed by atoms with Gasteiger partial charge in [0, 0.05) is 42.8 Å². The standard InChI is InChI=1S/C23H22ClN3O6/c24-16-7-5-15(6-8-16)21(28)19-20(17-3-1-2-4-18(17)27(31)32)26(23(30)22(19)29)10-9-25-11-13-33-14-12-25/h1-8,20,28H,9-14H2. The van der Waals surface area contributed by atoms with Crippen LogP contribution in [0, 0.1) is 10.1 Å². The summed E-state index contributed by atoms with van der Waals surface area (Å²) in [6.07, 6.45) is 0. The number of carbonyl (C=O) groups is 2. The number of amides is 1. The number of ketones is 1. The van der Waals surface area contributed by atoms with Crippen LogP contribution in [-0.4, -0.2) is 70.9 Å². The van der Waals surface area contributed by atoms with Crippen molar-refractivity contribution in [3.63, 3.8) is 0 Å². The summed E-state index contributed by atoms with van der Waals surface area (Å²) in [6.45, 7) is 3.15. The minimum atomic E-state index is -1.09. The number of morpholine rings is 1. The molecule has 2 aromatic carbocycles. The van der Waals surface area contributed by atoms with Gasteiger partial charge in [-0.1, -0.05) is 23.7 Å². The van der Waals surface area contributed by atoms with E-state index in [-0.39, 0.29) is 28.9 Å². The van der Waals surface area contributed by atoms with E-state index >= 15 is 0 Å². The van der Waals surface area contributed by atoms with Crippen LogP contribution in [0.25, 0.3) is 5.76 Å². The molecule has 2 aliphatic rings. The lowest BCUT2D eigenvalue weighted by Crippen LogP contribution is -2.42. The van der Waals surface area contributed by atoms with E-state index in [2.05, 4.69) is 4.90 Å². The van der Waals surface area contributed by atoms with Crippen LogP contribution < -0.4 is 0 Å². The molecular weight excluding hydrogens is 450 g/mol. The molecule has 0 spiro atoms. The largest absolute Gasteiger partial charge is 0.507 e. The summed E-state index contributed by atoms with van der Waals surface area (Å²) < 4.78 is 5.35. The molecule has 1 atom stereocenters. The number of likely N-dealkylation sites (tertiary alicyclic amines) is 1. The fourth-order valence-electron chi connectivity index (χ4n) is 4.16. The molecule has 0 aromatic heterocycles. The molecule has 0 aliphatic carbocycles. The highest BCUT2D eigenvalue weighted by Crippen LogP contribution is 2.42. The molecule has 2 aliphatic heterocycles. The van der Waals surface area contributed by atoms with E-state index in [1.165, 1.54) is 35.2 Å². The number of hydrogen-bond donors (Lipinski definition) is 1. The number of hydrogen-bond acceptors (Lipinski definition) is 7. The Balaban J connectivity index is 1.80. The molecule has 1 unspecified atom stereocenters. The van der Waals surface area contributed by atoms with Crippen LogP contribution in [0.4, 0.5) is 5.69 Å². The number of aliphatic hydroxyl groups excluding tert-OH is 1. The van der Waals surface area contributed by atoms with Crippen molar-refractivity contribution < 1.29 is 24.4 Å². The molecule has 9 nitrogen and oxygen atoms in total. The Kier molecular flexibility index (Phi) is 6.73. The predicted octanol–water partition coefficient (Wildman–Crippen LogP) is 3.00. The number of nitrogens with zero attached hydrogens (tertiary/aromatic N) is 3. The van der Waals surface area contributed by atoms with Gasteiger partial charge in [-0.15, -0.1) is 0 Å². The maximum Gasteiger partial charge on any atom is 0.295 e. The zero-order chi connectivity index (χ0) is 23.5. The van der Waals surface area contributed by atoms with Crippen molar-refractivity contribution in [3.05, 3.63) is 80.4 Å². The zero-order valence-electron chi connectivity index (χ0n) is 17.6. The molecule has 4 rings (SSSR count). The number of rotatable bonds is 6. The third kappa shape index (κ3) is 4.61. The zero-order valence-corrected chi connectivity index (χ0v) is 18.4. The maximum atomic E-state index is 13.1. The summed E-state index contributed by atoms with van der Waals surface area (Å²) in [4.78, 5) is 40.7. The number of Topliss-reactive ketones (excluding diaryl/α,β-unsaturated/α-hetero) is 1.